The Hall–Kier alpha value is -2.64. The van der Waals surface area contributed by atoms with Crippen LogP contribution in [0.2, 0.25) is 0 Å². The molecule has 1 unspecified atom stereocenters. The molecular formula is C46H82NO12P. The van der Waals surface area contributed by atoms with Gasteiger partial charge in [0.1, 0.15) is 12.6 Å². The van der Waals surface area contributed by atoms with Gasteiger partial charge in [-0.3, -0.25) is 23.4 Å². The van der Waals surface area contributed by atoms with E-state index in [4.69, 9.17) is 24.8 Å². The molecule has 0 aromatic heterocycles. The van der Waals surface area contributed by atoms with Gasteiger partial charge in [0, 0.05) is 12.8 Å². The first-order valence-corrected chi connectivity index (χ1v) is 24.4. The maximum atomic E-state index is 12.6. The fraction of sp³-hybridized carbons (Fsp3) is 0.761. The molecule has 0 aliphatic rings. The number of carbonyl (C=O) groups excluding carboxylic acids is 2. The van der Waals surface area contributed by atoms with Gasteiger partial charge in [0.15, 0.2) is 6.10 Å². The van der Waals surface area contributed by atoms with Gasteiger partial charge in [-0.1, -0.05) is 178 Å². The largest absolute Gasteiger partial charge is 0.480 e. The summed E-state index contributed by atoms with van der Waals surface area (Å²) in [5.41, 5.74) is 5.32. The van der Waals surface area contributed by atoms with E-state index in [0.29, 0.717) is 12.8 Å². The molecular weight excluding hydrogens is 789 g/mol. The third kappa shape index (κ3) is 39.5. The van der Waals surface area contributed by atoms with Crippen molar-refractivity contribution in [1.82, 2.24) is 0 Å². The molecule has 0 fully saturated rings. The van der Waals surface area contributed by atoms with Gasteiger partial charge in [-0.25, -0.2) is 4.57 Å². The van der Waals surface area contributed by atoms with Gasteiger partial charge in [0.25, 0.3) is 0 Å². The van der Waals surface area contributed by atoms with Crippen LogP contribution in [0.1, 0.15) is 181 Å². The molecule has 0 aromatic rings. The summed E-state index contributed by atoms with van der Waals surface area (Å²) in [4.78, 5) is 46.0. The average Bonchev–Trinajstić information content (AvgIpc) is 3.21. The summed E-state index contributed by atoms with van der Waals surface area (Å²) in [5.74, 6) is -2.65. The minimum Gasteiger partial charge on any atom is -0.480 e. The smallest absolute Gasteiger partial charge is 0.472 e. The van der Waals surface area contributed by atoms with E-state index < -0.39 is 69.9 Å². The average molecular weight is 872 g/mol. The summed E-state index contributed by atoms with van der Waals surface area (Å²) in [5, 5.41) is 29.2. The van der Waals surface area contributed by atoms with Gasteiger partial charge in [0.2, 0.25) is 0 Å². The SMILES string of the molecule is CCCCC/C=C\C[C@H](O)/C=C/C=C/C=C\[C@H](O)CCCC(=O)O[C@H](COC(=O)CCCCCCCCCCCCCCCCCCC)COP(=O)(O)OC[C@H](N)C(=O)O. The highest BCUT2D eigenvalue weighted by Gasteiger charge is 2.28. The lowest BCUT2D eigenvalue weighted by atomic mass is 10.0. The number of phosphoric acid groups is 1. The molecule has 0 amide bonds. The van der Waals surface area contributed by atoms with E-state index in [1.807, 2.05) is 6.08 Å². The number of allylic oxidation sites excluding steroid dienone is 5. The number of aliphatic hydroxyl groups is 2. The molecule has 0 radical (unpaired) electrons. The lowest BCUT2D eigenvalue weighted by Crippen LogP contribution is -2.34. The molecule has 0 aromatic carbocycles. The molecule has 0 heterocycles. The van der Waals surface area contributed by atoms with Crippen LogP contribution < -0.4 is 5.73 Å². The minimum absolute atomic E-state index is 0.0983. The molecule has 0 bridgehead atoms. The van der Waals surface area contributed by atoms with E-state index in [0.717, 1.165) is 32.1 Å². The van der Waals surface area contributed by atoms with Crippen molar-refractivity contribution in [1.29, 1.82) is 0 Å². The van der Waals surface area contributed by atoms with Gasteiger partial charge in [0.05, 0.1) is 25.4 Å². The maximum Gasteiger partial charge on any atom is 0.472 e. The minimum atomic E-state index is -4.79. The zero-order valence-electron chi connectivity index (χ0n) is 37.0. The Morgan fingerprint density at radius 1 is 0.600 bits per heavy atom. The Morgan fingerprint density at radius 3 is 1.63 bits per heavy atom. The van der Waals surface area contributed by atoms with Crippen molar-refractivity contribution < 1.29 is 57.7 Å². The molecule has 0 saturated heterocycles. The highest BCUT2D eigenvalue weighted by Crippen LogP contribution is 2.43. The number of hydrogen-bond donors (Lipinski definition) is 5. The summed E-state index contributed by atoms with van der Waals surface area (Å²) >= 11 is 0. The van der Waals surface area contributed by atoms with Gasteiger partial charge in [-0.15, -0.1) is 0 Å². The van der Waals surface area contributed by atoms with Crippen molar-refractivity contribution in [2.45, 2.75) is 205 Å². The molecule has 0 aliphatic heterocycles. The van der Waals surface area contributed by atoms with Crippen LogP contribution in [0.15, 0.2) is 48.6 Å². The standard InChI is InChI=1S/C46H82NO12P/c1-3-5-7-9-11-12-13-14-15-16-17-18-19-20-21-23-29-35-44(50)56-37-42(38-57-60(54,55)58-39-43(47)46(52)53)59-45(51)36-30-34-41(49)33-28-25-24-27-32-40(48)31-26-22-10-8-6-4-2/h22,24-28,32-33,40-43,48-49H,3-21,23,29-31,34-39,47H2,1-2H3,(H,52,53)(H,54,55)/b25-24+,26-22-,32-27+,33-28-/t40-,41-,42+,43-/m0/s1. The van der Waals surface area contributed by atoms with E-state index in [1.54, 1.807) is 36.5 Å². The Kier molecular flexibility index (Phi) is 38.7. The lowest BCUT2D eigenvalue weighted by Gasteiger charge is -2.20. The topological polar surface area (TPSA) is 212 Å². The first kappa shape index (κ1) is 57.4. The van der Waals surface area contributed by atoms with E-state index in [9.17, 15) is 34.1 Å². The molecule has 14 heteroatoms. The van der Waals surface area contributed by atoms with Crippen LogP contribution in [0.4, 0.5) is 0 Å². The first-order valence-electron chi connectivity index (χ1n) is 22.9. The second kappa shape index (κ2) is 40.4. The van der Waals surface area contributed by atoms with Crippen molar-refractivity contribution in [3.63, 3.8) is 0 Å². The van der Waals surface area contributed by atoms with Crippen LogP contribution >= 0.6 is 7.82 Å². The number of rotatable bonds is 42. The maximum absolute atomic E-state index is 12.6. The fourth-order valence-electron chi connectivity index (χ4n) is 6.08. The summed E-state index contributed by atoms with van der Waals surface area (Å²) in [6.45, 7) is 2.50. The van der Waals surface area contributed by atoms with Crippen molar-refractivity contribution in [3.8, 4) is 0 Å². The van der Waals surface area contributed by atoms with E-state index in [2.05, 4.69) is 24.4 Å². The van der Waals surface area contributed by atoms with Gasteiger partial charge in [-0.05, 0) is 38.5 Å². The van der Waals surface area contributed by atoms with Crippen molar-refractivity contribution in [3.05, 3.63) is 48.6 Å². The number of nitrogens with two attached hydrogens (primary N) is 1. The monoisotopic (exact) mass is 872 g/mol. The van der Waals surface area contributed by atoms with Crippen LogP contribution in [0.25, 0.3) is 0 Å². The van der Waals surface area contributed by atoms with Gasteiger partial charge in [-0.2, -0.15) is 0 Å². The fourth-order valence-corrected chi connectivity index (χ4v) is 6.86. The number of hydrogen-bond acceptors (Lipinski definition) is 11. The second-order valence-corrected chi connectivity index (χ2v) is 17.0. The molecule has 13 nitrogen and oxygen atoms in total. The number of aliphatic carboxylic acids is 1. The van der Waals surface area contributed by atoms with Crippen molar-refractivity contribution in [2.75, 3.05) is 19.8 Å². The molecule has 0 aliphatic carbocycles. The molecule has 5 atom stereocenters. The van der Waals surface area contributed by atoms with Crippen LogP contribution in [0, 0.1) is 0 Å². The normalized spacial score (nSPS) is 15.2. The van der Waals surface area contributed by atoms with E-state index >= 15 is 0 Å². The lowest BCUT2D eigenvalue weighted by molar-refractivity contribution is -0.161. The molecule has 0 spiro atoms. The third-order valence-electron chi connectivity index (χ3n) is 9.77. The Labute approximate surface area is 361 Å². The second-order valence-electron chi connectivity index (χ2n) is 15.6. The number of ether oxygens (including phenoxy) is 2. The number of unbranched alkanes of at least 4 members (excludes halogenated alkanes) is 19. The predicted octanol–water partition coefficient (Wildman–Crippen LogP) is 10.1. The molecule has 348 valence electrons. The predicted molar refractivity (Wildman–Crippen MR) is 238 cm³/mol. The quantitative estimate of drug-likeness (QED) is 0.0127. The van der Waals surface area contributed by atoms with Crippen molar-refractivity contribution >= 4 is 25.7 Å². The van der Waals surface area contributed by atoms with Crippen LogP contribution in [-0.2, 0) is 37.5 Å². The summed E-state index contributed by atoms with van der Waals surface area (Å²) < 4.78 is 32.5. The van der Waals surface area contributed by atoms with Crippen LogP contribution in [0.3, 0.4) is 0 Å². The van der Waals surface area contributed by atoms with Crippen molar-refractivity contribution in [2.24, 2.45) is 5.73 Å². The molecule has 6 N–H and O–H groups in total. The van der Waals surface area contributed by atoms with E-state index in [-0.39, 0.29) is 25.7 Å². The highest BCUT2D eigenvalue weighted by atomic mass is 31.2. The summed E-state index contributed by atoms with van der Waals surface area (Å²) in [6, 6.07) is -1.56. The zero-order chi connectivity index (χ0) is 44.5. The summed E-state index contributed by atoms with van der Waals surface area (Å²) in [7, 11) is -4.79. The van der Waals surface area contributed by atoms with Gasteiger partial charge < -0.3 is 35.4 Å². The number of carboxylic acid groups (broad SMARTS) is 1. The first-order chi connectivity index (χ1) is 28.9. The van der Waals surface area contributed by atoms with Crippen LogP contribution in [-0.4, -0.2) is 82.3 Å². The molecule has 0 rings (SSSR count). The Balaban J connectivity index is 4.57. The van der Waals surface area contributed by atoms with Gasteiger partial charge >= 0.3 is 25.7 Å². The number of phosphoric ester groups is 1. The molecule has 0 saturated carbocycles. The Morgan fingerprint density at radius 2 is 1.08 bits per heavy atom. The number of esters is 2. The Bertz CT molecular complexity index is 1240. The zero-order valence-corrected chi connectivity index (χ0v) is 37.9. The van der Waals surface area contributed by atoms with Crippen LogP contribution in [0.5, 0.6) is 0 Å². The highest BCUT2D eigenvalue weighted by molar-refractivity contribution is 7.47. The molecule has 60 heavy (non-hydrogen) atoms. The summed E-state index contributed by atoms with van der Waals surface area (Å²) in [6.07, 6.45) is 38.0. The third-order valence-corrected chi connectivity index (χ3v) is 10.7. The van der Waals surface area contributed by atoms with E-state index in [1.165, 1.54) is 96.3 Å². The number of aliphatic hydroxyl groups excluding tert-OH is 2. The number of carbonyl (C=O) groups is 3. The number of carboxylic acids is 1.